The quantitative estimate of drug-likeness (QED) is 0.766. The largest absolute Gasteiger partial charge is 0.354 e. The Kier molecular flexibility index (Phi) is 4.55. The van der Waals surface area contributed by atoms with E-state index in [-0.39, 0.29) is 11.3 Å². The van der Waals surface area contributed by atoms with Crippen LogP contribution in [-0.2, 0) is 4.79 Å². The number of nitrogens with one attached hydrogen (secondary N) is 2. The van der Waals surface area contributed by atoms with Crippen LogP contribution in [-0.4, -0.2) is 50.1 Å². The molecule has 1 heterocycles. The maximum atomic E-state index is 12.0. The normalized spacial score (nSPS) is 21.2. The summed E-state index contributed by atoms with van der Waals surface area (Å²) in [7, 11) is 3.97. The standard InChI is InChI=1S/C13H27N3O/c1-12(2,14-4)11(17)15-10-13(3)6-8-16(5)9-7-13/h14H,6-10H2,1-5H3,(H,15,17). The lowest BCUT2D eigenvalue weighted by atomic mass is 9.80. The third kappa shape index (κ3) is 3.96. The first-order valence-corrected chi connectivity index (χ1v) is 6.45. The van der Waals surface area contributed by atoms with E-state index in [1.54, 1.807) is 0 Å². The minimum Gasteiger partial charge on any atom is -0.354 e. The number of carbonyl (C=O) groups is 1. The van der Waals surface area contributed by atoms with E-state index in [9.17, 15) is 4.79 Å². The van der Waals surface area contributed by atoms with E-state index in [1.165, 1.54) is 0 Å². The summed E-state index contributed by atoms with van der Waals surface area (Å²) in [6, 6.07) is 0. The topological polar surface area (TPSA) is 44.4 Å². The predicted molar refractivity (Wildman–Crippen MR) is 71.0 cm³/mol. The van der Waals surface area contributed by atoms with Crippen molar-refractivity contribution >= 4 is 5.91 Å². The highest BCUT2D eigenvalue weighted by Crippen LogP contribution is 2.29. The molecule has 17 heavy (non-hydrogen) atoms. The van der Waals surface area contributed by atoms with E-state index in [0.29, 0.717) is 0 Å². The van der Waals surface area contributed by atoms with Gasteiger partial charge >= 0.3 is 0 Å². The zero-order valence-electron chi connectivity index (χ0n) is 11.9. The molecule has 0 bridgehead atoms. The van der Waals surface area contributed by atoms with Crippen LogP contribution in [0.5, 0.6) is 0 Å². The first-order valence-electron chi connectivity index (χ1n) is 6.45. The molecule has 0 spiro atoms. The van der Waals surface area contributed by atoms with Crippen molar-refractivity contribution in [3.05, 3.63) is 0 Å². The third-order valence-corrected chi connectivity index (χ3v) is 4.06. The van der Waals surface area contributed by atoms with Crippen LogP contribution in [0.4, 0.5) is 0 Å². The van der Waals surface area contributed by atoms with Gasteiger partial charge in [0.05, 0.1) is 5.54 Å². The van der Waals surface area contributed by atoms with Crippen molar-refractivity contribution in [3.63, 3.8) is 0 Å². The summed E-state index contributed by atoms with van der Waals surface area (Å²) in [5, 5.41) is 6.11. The van der Waals surface area contributed by atoms with Gasteiger partial charge in [0.15, 0.2) is 0 Å². The number of nitrogens with zero attached hydrogens (tertiary/aromatic N) is 1. The van der Waals surface area contributed by atoms with Crippen LogP contribution in [0.3, 0.4) is 0 Å². The second-order valence-electron chi connectivity index (χ2n) is 6.17. The van der Waals surface area contributed by atoms with Gasteiger partial charge in [-0.15, -0.1) is 0 Å². The Morgan fingerprint density at radius 1 is 1.35 bits per heavy atom. The van der Waals surface area contributed by atoms with Crippen molar-refractivity contribution < 1.29 is 4.79 Å². The molecule has 0 saturated carbocycles. The highest BCUT2D eigenvalue weighted by atomic mass is 16.2. The predicted octanol–water partition coefficient (Wildman–Crippen LogP) is 0.833. The molecule has 1 aliphatic heterocycles. The summed E-state index contributed by atoms with van der Waals surface area (Å²) in [6.07, 6.45) is 2.31. The minimum atomic E-state index is -0.484. The maximum Gasteiger partial charge on any atom is 0.239 e. The van der Waals surface area contributed by atoms with Crippen LogP contribution < -0.4 is 10.6 Å². The van der Waals surface area contributed by atoms with Crippen molar-refractivity contribution in [2.75, 3.05) is 33.7 Å². The van der Waals surface area contributed by atoms with Crippen LogP contribution in [0.1, 0.15) is 33.6 Å². The van der Waals surface area contributed by atoms with Crippen molar-refractivity contribution in [2.45, 2.75) is 39.2 Å². The van der Waals surface area contributed by atoms with Gasteiger partial charge in [-0.1, -0.05) is 6.92 Å². The number of hydrogen-bond donors (Lipinski definition) is 2. The molecule has 0 aliphatic carbocycles. The van der Waals surface area contributed by atoms with Gasteiger partial charge in [-0.2, -0.15) is 0 Å². The van der Waals surface area contributed by atoms with Crippen molar-refractivity contribution in [1.82, 2.24) is 15.5 Å². The van der Waals surface area contributed by atoms with Crippen LogP contribution in [0.2, 0.25) is 0 Å². The van der Waals surface area contributed by atoms with Gasteiger partial charge in [0, 0.05) is 6.54 Å². The summed E-state index contributed by atoms with van der Waals surface area (Å²) < 4.78 is 0. The van der Waals surface area contributed by atoms with Gasteiger partial charge in [0.25, 0.3) is 0 Å². The highest BCUT2D eigenvalue weighted by Gasteiger charge is 2.31. The van der Waals surface area contributed by atoms with Crippen molar-refractivity contribution in [1.29, 1.82) is 0 Å². The molecule has 0 aromatic rings. The van der Waals surface area contributed by atoms with E-state index in [1.807, 2.05) is 20.9 Å². The number of piperidine rings is 1. The average molecular weight is 241 g/mol. The fourth-order valence-electron chi connectivity index (χ4n) is 1.96. The summed E-state index contributed by atoms with van der Waals surface area (Å²) in [5.74, 6) is 0.0835. The SMILES string of the molecule is CNC(C)(C)C(=O)NCC1(C)CCN(C)CC1. The van der Waals surface area contributed by atoms with E-state index < -0.39 is 5.54 Å². The van der Waals surface area contributed by atoms with Crippen molar-refractivity contribution in [3.8, 4) is 0 Å². The molecule has 1 fully saturated rings. The van der Waals surface area contributed by atoms with E-state index in [0.717, 1.165) is 32.5 Å². The molecule has 1 rings (SSSR count). The number of hydrogen-bond acceptors (Lipinski definition) is 3. The van der Waals surface area contributed by atoms with E-state index in [4.69, 9.17) is 0 Å². The van der Waals surface area contributed by atoms with Crippen LogP contribution in [0, 0.1) is 5.41 Å². The van der Waals surface area contributed by atoms with E-state index in [2.05, 4.69) is 29.5 Å². The van der Waals surface area contributed by atoms with E-state index >= 15 is 0 Å². The Morgan fingerprint density at radius 3 is 2.35 bits per heavy atom. The summed E-state index contributed by atoms with van der Waals surface area (Å²) in [6.45, 7) is 9.11. The molecule has 0 radical (unpaired) electrons. The number of likely N-dealkylation sites (tertiary alicyclic amines) is 1. The molecule has 1 saturated heterocycles. The lowest BCUT2D eigenvalue weighted by Crippen LogP contribution is -2.53. The van der Waals surface area contributed by atoms with Crippen LogP contribution in [0.25, 0.3) is 0 Å². The molecule has 1 aliphatic rings. The Hall–Kier alpha value is -0.610. The Balaban J connectivity index is 2.42. The minimum absolute atomic E-state index is 0.0835. The van der Waals surface area contributed by atoms with Gasteiger partial charge < -0.3 is 15.5 Å². The Morgan fingerprint density at radius 2 is 1.88 bits per heavy atom. The summed E-state index contributed by atoms with van der Waals surface area (Å²) >= 11 is 0. The van der Waals surface area contributed by atoms with Crippen molar-refractivity contribution in [2.24, 2.45) is 5.41 Å². The monoisotopic (exact) mass is 241 g/mol. The van der Waals surface area contributed by atoms with Gasteiger partial charge in [0.2, 0.25) is 5.91 Å². The fraction of sp³-hybridized carbons (Fsp3) is 0.923. The molecule has 0 aromatic heterocycles. The molecule has 2 N–H and O–H groups in total. The molecule has 100 valence electrons. The molecular weight excluding hydrogens is 214 g/mol. The van der Waals surface area contributed by atoms with Gasteiger partial charge in [-0.3, -0.25) is 4.79 Å². The molecule has 4 heteroatoms. The first-order chi connectivity index (χ1) is 7.79. The molecule has 0 unspecified atom stereocenters. The Bertz CT molecular complexity index is 268. The second kappa shape index (κ2) is 5.36. The number of likely N-dealkylation sites (N-methyl/N-ethyl adjacent to an activating group) is 1. The van der Waals surface area contributed by atoms with Gasteiger partial charge in [-0.25, -0.2) is 0 Å². The molecular formula is C13H27N3O. The fourth-order valence-corrected chi connectivity index (χ4v) is 1.96. The molecule has 0 atom stereocenters. The van der Waals surface area contributed by atoms with Gasteiger partial charge in [0.1, 0.15) is 0 Å². The zero-order valence-corrected chi connectivity index (χ0v) is 11.9. The lowest BCUT2D eigenvalue weighted by Gasteiger charge is -2.38. The lowest BCUT2D eigenvalue weighted by molar-refractivity contribution is -0.126. The highest BCUT2D eigenvalue weighted by molar-refractivity contribution is 5.85. The Labute approximate surface area is 105 Å². The number of amides is 1. The molecule has 4 nitrogen and oxygen atoms in total. The maximum absolute atomic E-state index is 12.0. The number of carbonyl (C=O) groups excluding carboxylic acids is 1. The number of rotatable bonds is 4. The summed E-state index contributed by atoms with van der Waals surface area (Å²) in [4.78, 5) is 14.3. The molecule has 1 amide bonds. The zero-order chi connectivity index (χ0) is 13.1. The second-order valence-corrected chi connectivity index (χ2v) is 6.17. The first kappa shape index (κ1) is 14.5. The summed E-state index contributed by atoms with van der Waals surface area (Å²) in [5.41, 5.74) is -0.228. The molecule has 0 aromatic carbocycles. The third-order valence-electron chi connectivity index (χ3n) is 4.06. The van der Waals surface area contributed by atoms with Gasteiger partial charge in [-0.05, 0) is 59.3 Å². The smallest absolute Gasteiger partial charge is 0.239 e. The average Bonchev–Trinajstić information content (AvgIpc) is 2.30. The van der Waals surface area contributed by atoms with Crippen LogP contribution >= 0.6 is 0 Å². The van der Waals surface area contributed by atoms with Crippen LogP contribution in [0.15, 0.2) is 0 Å².